The number of benzene rings is 2. The van der Waals surface area contributed by atoms with Gasteiger partial charge in [0, 0.05) is 50.6 Å². The van der Waals surface area contributed by atoms with E-state index in [1.54, 1.807) is 18.2 Å². The van der Waals surface area contributed by atoms with Crippen molar-refractivity contribution in [1.29, 1.82) is 0 Å². The van der Waals surface area contributed by atoms with Gasteiger partial charge in [0.2, 0.25) is 11.3 Å². The highest BCUT2D eigenvalue weighted by Crippen LogP contribution is 2.43. The Hall–Kier alpha value is -1.31. The van der Waals surface area contributed by atoms with Crippen molar-refractivity contribution in [2.45, 2.75) is 25.6 Å². The topological polar surface area (TPSA) is 111 Å². The second-order valence-corrected chi connectivity index (χ2v) is 18.1. The number of carbonyl (C=O) groups is 2. The zero-order chi connectivity index (χ0) is 26.4. The Labute approximate surface area is 237 Å². The summed E-state index contributed by atoms with van der Waals surface area (Å²) < 4.78 is 34.5. The summed E-state index contributed by atoms with van der Waals surface area (Å²) in [4.78, 5) is 24.2. The van der Waals surface area contributed by atoms with Crippen LogP contribution in [0.1, 0.15) is 40.0 Å². The lowest BCUT2D eigenvalue weighted by molar-refractivity contribution is 0.0792. The molecule has 0 aliphatic carbocycles. The van der Waals surface area contributed by atoms with Gasteiger partial charge in [0.1, 0.15) is 0 Å². The van der Waals surface area contributed by atoms with Crippen LogP contribution in [-0.2, 0) is 19.3 Å². The molecule has 198 valence electrons. The third-order valence-electron chi connectivity index (χ3n) is 4.83. The Morgan fingerprint density at radius 3 is 1.78 bits per heavy atom. The van der Waals surface area contributed by atoms with E-state index in [1.165, 1.54) is 18.2 Å². The van der Waals surface area contributed by atoms with Crippen molar-refractivity contribution in [3.05, 3.63) is 65.7 Å². The molecule has 0 saturated carbocycles. The third kappa shape index (κ3) is 10.6. The molecule has 8 nitrogen and oxygen atoms in total. The molecule has 0 saturated heterocycles. The SMILES string of the molecule is O=C(NCCCOCCCOCCCNC(=O)c1cccc(S(=O)(=O)C(Br)(Br)Br)c1)c1ccccc1. The molecule has 0 fully saturated rings. The first-order chi connectivity index (χ1) is 17.1. The monoisotopic (exact) mass is 710 g/mol. The predicted molar refractivity (Wildman–Crippen MR) is 150 cm³/mol. The van der Waals surface area contributed by atoms with Crippen LogP contribution in [0.3, 0.4) is 0 Å². The number of ether oxygens (including phenoxy) is 2. The van der Waals surface area contributed by atoms with Gasteiger partial charge in [-0.05, 0) is 97.4 Å². The fourth-order valence-corrected chi connectivity index (χ4v) is 5.44. The maximum Gasteiger partial charge on any atom is 0.251 e. The van der Waals surface area contributed by atoms with E-state index < -0.39 is 11.3 Å². The summed E-state index contributed by atoms with van der Waals surface area (Å²) in [6.45, 7) is 3.12. The number of sulfone groups is 1. The van der Waals surface area contributed by atoms with E-state index in [0.29, 0.717) is 51.5 Å². The molecule has 2 aromatic carbocycles. The summed E-state index contributed by atoms with van der Waals surface area (Å²) in [6, 6.07) is 14.9. The van der Waals surface area contributed by atoms with Crippen molar-refractivity contribution in [1.82, 2.24) is 10.6 Å². The Kier molecular flexibility index (Phi) is 13.6. The van der Waals surface area contributed by atoms with E-state index in [1.807, 2.05) is 18.2 Å². The molecule has 2 aromatic rings. The van der Waals surface area contributed by atoms with Gasteiger partial charge in [-0.1, -0.05) is 24.3 Å². The van der Waals surface area contributed by atoms with Crippen LogP contribution in [-0.4, -0.2) is 61.2 Å². The maximum absolute atomic E-state index is 12.5. The van der Waals surface area contributed by atoms with E-state index in [9.17, 15) is 18.0 Å². The zero-order valence-electron chi connectivity index (χ0n) is 19.6. The van der Waals surface area contributed by atoms with Gasteiger partial charge in [0.15, 0.2) is 0 Å². The van der Waals surface area contributed by atoms with Gasteiger partial charge in [-0.2, -0.15) is 0 Å². The van der Waals surface area contributed by atoms with Crippen LogP contribution in [0.4, 0.5) is 0 Å². The van der Waals surface area contributed by atoms with Crippen LogP contribution in [0.25, 0.3) is 0 Å². The Morgan fingerprint density at radius 2 is 1.22 bits per heavy atom. The van der Waals surface area contributed by atoms with E-state index in [4.69, 9.17) is 9.47 Å². The van der Waals surface area contributed by atoms with Gasteiger partial charge in [-0.15, -0.1) is 0 Å². The molecule has 0 aliphatic heterocycles. The fourth-order valence-electron chi connectivity index (χ4n) is 2.95. The number of nitrogens with one attached hydrogen (secondary N) is 2. The first kappa shape index (κ1) is 30.9. The van der Waals surface area contributed by atoms with Gasteiger partial charge in [0.25, 0.3) is 11.8 Å². The lowest BCUT2D eigenvalue weighted by Crippen LogP contribution is -2.26. The van der Waals surface area contributed by atoms with Crippen molar-refractivity contribution in [2.24, 2.45) is 0 Å². The van der Waals surface area contributed by atoms with Crippen LogP contribution >= 0.6 is 47.8 Å². The number of amides is 2. The largest absolute Gasteiger partial charge is 0.381 e. The van der Waals surface area contributed by atoms with Crippen molar-refractivity contribution < 1.29 is 27.5 Å². The van der Waals surface area contributed by atoms with E-state index in [2.05, 4.69) is 58.4 Å². The average molecular weight is 713 g/mol. The molecule has 0 aromatic heterocycles. The zero-order valence-corrected chi connectivity index (χ0v) is 25.1. The first-order valence-electron chi connectivity index (χ1n) is 11.3. The Morgan fingerprint density at radius 1 is 0.722 bits per heavy atom. The van der Waals surface area contributed by atoms with Crippen molar-refractivity contribution in [3.63, 3.8) is 0 Å². The van der Waals surface area contributed by atoms with Crippen molar-refractivity contribution >= 4 is 69.4 Å². The predicted octanol–water partition coefficient (Wildman–Crippen LogP) is 4.62. The lowest BCUT2D eigenvalue weighted by Gasteiger charge is -2.14. The number of carbonyl (C=O) groups excluding carboxylic acids is 2. The number of hydrogen-bond donors (Lipinski definition) is 2. The average Bonchev–Trinajstić information content (AvgIpc) is 2.86. The summed E-state index contributed by atoms with van der Waals surface area (Å²) >= 11 is 9.05. The Bertz CT molecular complexity index is 1080. The number of halogens is 3. The van der Waals surface area contributed by atoms with Crippen molar-refractivity contribution in [3.8, 4) is 0 Å². The van der Waals surface area contributed by atoms with E-state index in [0.717, 1.165) is 12.8 Å². The highest BCUT2D eigenvalue weighted by Gasteiger charge is 2.37. The summed E-state index contributed by atoms with van der Waals surface area (Å²) in [5.41, 5.74) is 0.899. The van der Waals surface area contributed by atoms with E-state index >= 15 is 0 Å². The molecular weight excluding hydrogens is 684 g/mol. The second-order valence-electron chi connectivity index (χ2n) is 7.64. The van der Waals surface area contributed by atoms with Gasteiger partial charge < -0.3 is 20.1 Å². The lowest BCUT2D eigenvalue weighted by atomic mass is 10.2. The molecule has 2 N–H and O–H groups in total. The van der Waals surface area contributed by atoms with Crippen LogP contribution < -0.4 is 10.6 Å². The third-order valence-corrected chi connectivity index (χ3v) is 10.1. The van der Waals surface area contributed by atoms with Crippen molar-refractivity contribution in [2.75, 3.05) is 39.5 Å². The first-order valence-corrected chi connectivity index (χ1v) is 15.2. The molecule has 0 atom stereocenters. The highest BCUT2D eigenvalue weighted by atomic mass is 80.0. The second kappa shape index (κ2) is 15.8. The minimum atomic E-state index is -3.77. The Balaban J connectivity index is 1.49. The molecule has 0 unspecified atom stereocenters. The molecule has 0 heterocycles. The molecule has 2 rings (SSSR count). The maximum atomic E-state index is 12.5. The summed E-state index contributed by atoms with van der Waals surface area (Å²) in [5, 5.41) is 5.62. The quantitative estimate of drug-likeness (QED) is 0.206. The normalized spacial score (nSPS) is 11.8. The van der Waals surface area contributed by atoms with Gasteiger partial charge in [-0.3, -0.25) is 9.59 Å². The molecule has 36 heavy (non-hydrogen) atoms. The van der Waals surface area contributed by atoms with Gasteiger partial charge >= 0.3 is 0 Å². The minimum Gasteiger partial charge on any atom is -0.381 e. The van der Waals surface area contributed by atoms with Gasteiger partial charge in [-0.25, -0.2) is 8.42 Å². The smallest absolute Gasteiger partial charge is 0.251 e. The highest BCUT2D eigenvalue weighted by molar-refractivity contribution is 9.42. The number of rotatable bonds is 15. The standard InChI is InChI=1S/C24H29Br3N2O6S/c25-24(26,27)36(32,33)21-11-4-10-20(18-21)23(31)29-13-6-15-35-17-7-16-34-14-5-12-28-22(30)19-8-2-1-3-9-19/h1-4,8-11,18H,5-7,12-17H2,(H,28,30)(H,29,31). The van der Waals surface area contributed by atoms with Crippen LogP contribution in [0.15, 0.2) is 59.5 Å². The van der Waals surface area contributed by atoms with E-state index in [-0.39, 0.29) is 22.3 Å². The fraction of sp³-hybridized carbons (Fsp3) is 0.417. The summed E-state index contributed by atoms with van der Waals surface area (Å²) in [5.74, 6) is -0.443. The summed E-state index contributed by atoms with van der Waals surface area (Å²) in [7, 11) is -3.77. The molecule has 2 amide bonds. The molecule has 0 radical (unpaired) electrons. The minimum absolute atomic E-state index is 0.00302. The molecule has 0 spiro atoms. The van der Waals surface area contributed by atoms with Crippen LogP contribution in [0, 0.1) is 0 Å². The van der Waals surface area contributed by atoms with Crippen LogP contribution in [0.5, 0.6) is 0 Å². The van der Waals surface area contributed by atoms with Gasteiger partial charge in [0.05, 0.1) is 4.90 Å². The molecular formula is C24H29Br3N2O6S. The number of alkyl halides is 3. The van der Waals surface area contributed by atoms with Crippen LogP contribution in [0.2, 0.25) is 0 Å². The summed E-state index contributed by atoms with van der Waals surface area (Å²) in [6.07, 6.45) is 2.11. The molecule has 0 bridgehead atoms. The molecule has 0 aliphatic rings. The number of hydrogen-bond acceptors (Lipinski definition) is 6. The molecule has 12 heteroatoms.